The van der Waals surface area contributed by atoms with Gasteiger partial charge in [0.25, 0.3) is 0 Å². The molecule has 1 aliphatic rings. The van der Waals surface area contributed by atoms with Crippen molar-refractivity contribution in [2.45, 2.75) is 71.8 Å². The smallest absolute Gasteiger partial charge is 0.177 e. The lowest BCUT2D eigenvalue weighted by Crippen LogP contribution is -2.46. The minimum Gasteiger partial charge on any atom is -0.507 e. The molecule has 4 heteroatoms. The molecule has 132 valence electrons. The first-order valence-corrected chi connectivity index (χ1v) is 8.84. The van der Waals surface area contributed by atoms with Gasteiger partial charge in [-0.15, -0.1) is 0 Å². The fourth-order valence-corrected chi connectivity index (χ4v) is 3.38. The van der Waals surface area contributed by atoms with Crippen LogP contribution in [0.4, 0.5) is 0 Å². The summed E-state index contributed by atoms with van der Waals surface area (Å²) in [6, 6.07) is 3.56. The van der Waals surface area contributed by atoms with Gasteiger partial charge < -0.3 is 14.6 Å². The minimum atomic E-state index is -0.686. The van der Waals surface area contributed by atoms with Crippen LogP contribution in [0.1, 0.15) is 75.7 Å². The lowest BCUT2D eigenvalue weighted by molar-refractivity contribution is -0.117. The zero-order valence-electron chi connectivity index (χ0n) is 15.1. The van der Waals surface area contributed by atoms with E-state index in [0.29, 0.717) is 18.6 Å². The maximum Gasteiger partial charge on any atom is 0.177 e. The number of fused-ring (bicyclic) bond motifs is 1. The Morgan fingerprint density at radius 3 is 2.62 bits per heavy atom. The topological polar surface area (TPSA) is 63.6 Å². The monoisotopic (exact) mass is 332 g/mol. The van der Waals surface area contributed by atoms with Crippen LogP contribution in [0.25, 0.3) is 0 Å². The zero-order chi connectivity index (χ0) is 17.9. The summed E-state index contributed by atoms with van der Waals surface area (Å²) >= 11 is 0. The third-order valence-corrected chi connectivity index (χ3v) is 4.77. The van der Waals surface area contributed by atoms with Gasteiger partial charge in [0.05, 0.1) is 5.92 Å². The number of Topliss-reactive ketones (excluding diaryl/α,β-unsaturated/α-hetero) is 2. The number of ketones is 2. The van der Waals surface area contributed by atoms with Crippen molar-refractivity contribution in [3.8, 4) is 11.5 Å². The molecule has 0 spiro atoms. The fraction of sp³-hybridized carbons (Fsp3) is 0.600. The van der Waals surface area contributed by atoms with E-state index in [1.165, 1.54) is 6.92 Å². The summed E-state index contributed by atoms with van der Waals surface area (Å²) in [5.41, 5.74) is 0.571. The first kappa shape index (κ1) is 18.5. The summed E-state index contributed by atoms with van der Waals surface area (Å²) in [4.78, 5) is 24.2. The zero-order valence-corrected chi connectivity index (χ0v) is 15.1. The van der Waals surface area contributed by atoms with E-state index >= 15 is 0 Å². The summed E-state index contributed by atoms with van der Waals surface area (Å²) < 4.78 is 6.07. The van der Waals surface area contributed by atoms with E-state index in [9.17, 15) is 14.7 Å². The second-order valence-electron chi connectivity index (χ2n) is 7.31. The number of ether oxygens (including phenoxy) is 1. The van der Waals surface area contributed by atoms with Crippen LogP contribution >= 0.6 is 0 Å². The van der Waals surface area contributed by atoms with E-state index < -0.39 is 11.5 Å². The van der Waals surface area contributed by atoms with E-state index in [2.05, 4.69) is 6.92 Å². The van der Waals surface area contributed by atoms with Crippen molar-refractivity contribution in [1.82, 2.24) is 0 Å². The Hall–Kier alpha value is -1.84. The number of phenols is 1. The first-order valence-electron chi connectivity index (χ1n) is 8.84. The molecule has 1 aliphatic heterocycles. The van der Waals surface area contributed by atoms with Crippen LogP contribution < -0.4 is 4.74 Å². The van der Waals surface area contributed by atoms with Crippen molar-refractivity contribution in [3.05, 3.63) is 23.3 Å². The van der Waals surface area contributed by atoms with E-state index in [1.54, 1.807) is 6.07 Å². The Morgan fingerprint density at radius 2 is 2.00 bits per heavy atom. The number of aromatic hydroxyl groups is 1. The second kappa shape index (κ2) is 7.37. The summed E-state index contributed by atoms with van der Waals surface area (Å²) in [6.45, 7) is 7.42. The van der Waals surface area contributed by atoms with Gasteiger partial charge in [-0.2, -0.15) is 0 Å². The lowest BCUT2D eigenvalue weighted by Gasteiger charge is -2.39. The molecule has 2 rings (SSSR count). The molecule has 4 nitrogen and oxygen atoms in total. The van der Waals surface area contributed by atoms with E-state index in [0.717, 1.165) is 31.2 Å². The largest absolute Gasteiger partial charge is 0.507 e. The Bertz CT molecular complexity index is 631. The molecule has 0 radical (unpaired) electrons. The van der Waals surface area contributed by atoms with Crippen molar-refractivity contribution in [2.24, 2.45) is 5.92 Å². The van der Waals surface area contributed by atoms with Gasteiger partial charge in [0.15, 0.2) is 5.78 Å². The molecular weight excluding hydrogens is 304 g/mol. The second-order valence-corrected chi connectivity index (χ2v) is 7.31. The van der Waals surface area contributed by atoms with Gasteiger partial charge in [-0.1, -0.05) is 19.8 Å². The number of benzene rings is 1. The normalized spacial score (nSPS) is 18.8. The van der Waals surface area contributed by atoms with Crippen molar-refractivity contribution in [3.63, 3.8) is 0 Å². The van der Waals surface area contributed by atoms with Gasteiger partial charge in [0.2, 0.25) is 0 Å². The average Bonchev–Trinajstić information content (AvgIpc) is 2.45. The molecule has 1 N–H and O–H groups in total. The summed E-state index contributed by atoms with van der Waals surface area (Å²) in [5.74, 6) is -0.0337. The molecule has 1 unspecified atom stereocenters. The molecule has 0 saturated carbocycles. The van der Waals surface area contributed by atoms with Crippen LogP contribution in [0, 0.1) is 5.92 Å². The Kier molecular flexibility index (Phi) is 5.68. The van der Waals surface area contributed by atoms with Gasteiger partial charge >= 0.3 is 0 Å². The highest BCUT2D eigenvalue weighted by molar-refractivity contribution is 6.04. The van der Waals surface area contributed by atoms with Crippen LogP contribution in [0.15, 0.2) is 12.1 Å². The predicted octanol–water partition coefficient (Wildman–Crippen LogP) is 4.46. The molecule has 1 atom stereocenters. The SMILES string of the molecule is CCCCCc1cc(O)c2c(c1)OC(C)(C)C(CCC(C)=O)C2=O. The standard InChI is InChI=1S/C20H28O4/c1-5-6-7-8-14-11-16(22)18-17(12-14)24-20(3,4)15(19(18)23)10-9-13(2)21/h11-12,15,22H,5-10H2,1-4H3. The van der Waals surface area contributed by atoms with Gasteiger partial charge in [-0.3, -0.25) is 4.79 Å². The molecule has 0 aliphatic carbocycles. The van der Waals surface area contributed by atoms with Gasteiger partial charge in [-0.05, 0) is 57.7 Å². The molecule has 1 aromatic rings. The predicted molar refractivity (Wildman–Crippen MR) is 93.8 cm³/mol. The highest BCUT2D eigenvalue weighted by Crippen LogP contribution is 2.43. The molecule has 0 amide bonds. The number of hydrogen-bond acceptors (Lipinski definition) is 4. The molecule has 0 saturated heterocycles. The maximum atomic E-state index is 12.9. The fourth-order valence-electron chi connectivity index (χ4n) is 3.38. The van der Waals surface area contributed by atoms with Crippen LogP contribution in [0.3, 0.4) is 0 Å². The van der Waals surface area contributed by atoms with Crippen LogP contribution in [-0.2, 0) is 11.2 Å². The highest BCUT2D eigenvalue weighted by Gasteiger charge is 2.44. The van der Waals surface area contributed by atoms with E-state index in [4.69, 9.17) is 4.74 Å². The molecule has 1 heterocycles. The maximum absolute atomic E-state index is 12.9. The number of carbonyl (C=O) groups excluding carboxylic acids is 2. The minimum absolute atomic E-state index is 0.00711. The number of rotatable bonds is 7. The number of carbonyl (C=O) groups is 2. The number of aryl methyl sites for hydroxylation is 1. The molecule has 0 fully saturated rings. The molecule has 0 bridgehead atoms. The van der Waals surface area contributed by atoms with Crippen molar-refractivity contribution in [2.75, 3.05) is 0 Å². The Balaban J connectivity index is 2.30. The van der Waals surface area contributed by atoms with E-state index in [-0.39, 0.29) is 22.9 Å². The summed E-state index contributed by atoms with van der Waals surface area (Å²) in [5, 5.41) is 10.4. The first-order chi connectivity index (χ1) is 11.3. The summed E-state index contributed by atoms with van der Waals surface area (Å²) in [6.07, 6.45) is 4.97. The summed E-state index contributed by atoms with van der Waals surface area (Å²) in [7, 11) is 0. The molecular formula is C20H28O4. The van der Waals surface area contributed by atoms with Gasteiger partial charge in [0, 0.05) is 6.42 Å². The van der Waals surface area contributed by atoms with Crippen molar-refractivity contribution >= 4 is 11.6 Å². The van der Waals surface area contributed by atoms with Gasteiger partial charge in [0.1, 0.15) is 28.4 Å². The lowest BCUT2D eigenvalue weighted by atomic mass is 9.78. The number of unbranched alkanes of at least 4 members (excludes halogenated alkanes) is 2. The van der Waals surface area contributed by atoms with E-state index in [1.807, 2.05) is 19.9 Å². The third-order valence-electron chi connectivity index (χ3n) is 4.77. The third kappa shape index (κ3) is 3.97. The Morgan fingerprint density at radius 1 is 1.29 bits per heavy atom. The molecule has 24 heavy (non-hydrogen) atoms. The van der Waals surface area contributed by atoms with Crippen molar-refractivity contribution in [1.29, 1.82) is 0 Å². The van der Waals surface area contributed by atoms with Crippen LogP contribution in [0.5, 0.6) is 11.5 Å². The number of phenolic OH excluding ortho intramolecular Hbond substituents is 1. The highest BCUT2D eigenvalue weighted by atomic mass is 16.5. The van der Waals surface area contributed by atoms with Crippen LogP contribution in [-0.4, -0.2) is 22.3 Å². The molecule has 0 aromatic heterocycles. The van der Waals surface area contributed by atoms with Crippen molar-refractivity contribution < 1.29 is 19.4 Å². The van der Waals surface area contributed by atoms with Crippen LogP contribution in [0.2, 0.25) is 0 Å². The number of hydrogen-bond donors (Lipinski definition) is 1. The Labute approximate surface area is 144 Å². The molecule has 1 aromatic carbocycles. The quantitative estimate of drug-likeness (QED) is 0.749. The van der Waals surface area contributed by atoms with Gasteiger partial charge in [-0.25, -0.2) is 0 Å². The average molecular weight is 332 g/mol.